The second-order valence-electron chi connectivity index (χ2n) is 3.00. The maximum absolute atomic E-state index is 11.6. The molecule has 0 atom stereocenters. The SMILES string of the molecule is CC(C)OCCC(=O)CC(F)(F)F. The summed E-state index contributed by atoms with van der Waals surface area (Å²) in [5.74, 6) is -0.826. The molecular weight excluding hydrogens is 185 g/mol. The third-order valence-corrected chi connectivity index (χ3v) is 1.23. The summed E-state index contributed by atoms with van der Waals surface area (Å²) in [5, 5.41) is 0. The smallest absolute Gasteiger partial charge is 0.378 e. The molecule has 0 aromatic carbocycles. The Bertz CT molecular complexity index is 163. The van der Waals surface area contributed by atoms with Crippen LogP contribution in [-0.4, -0.2) is 24.7 Å². The molecule has 0 aromatic rings. The Balaban J connectivity index is 3.53. The van der Waals surface area contributed by atoms with Crippen molar-refractivity contribution in [2.24, 2.45) is 0 Å². The van der Waals surface area contributed by atoms with Crippen LogP contribution in [0.2, 0.25) is 0 Å². The number of hydrogen-bond donors (Lipinski definition) is 0. The first-order chi connectivity index (χ1) is 5.81. The molecule has 0 unspecified atom stereocenters. The zero-order valence-electron chi connectivity index (χ0n) is 7.65. The summed E-state index contributed by atoms with van der Waals surface area (Å²) in [7, 11) is 0. The predicted molar refractivity (Wildman–Crippen MR) is 41.4 cm³/mol. The second-order valence-corrected chi connectivity index (χ2v) is 3.00. The van der Waals surface area contributed by atoms with Crippen LogP contribution in [0.3, 0.4) is 0 Å². The van der Waals surface area contributed by atoms with Crippen molar-refractivity contribution in [1.82, 2.24) is 0 Å². The van der Waals surface area contributed by atoms with E-state index in [4.69, 9.17) is 4.74 Å². The van der Waals surface area contributed by atoms with E-state index in [0.717, 1.165) is 0 Å². The molecule has 0 aliphatic rings. The van der Waals surface area contributed by atoms with Gasteiger partial charge in [-0.1, -0.05) is 0 Å². The number of ether oxygens (including phenoxy) is 1. The molecule has 0 amide bonds. The molecule has 5 heteroatoms. The van der Waals surface area contributed by atoms with Gasteiger partial charge in [-0.3, -0.25) is 4.79 Å². The van der Waals surface area contributed by atoms with Gasteiger partial charge in [0.05, 0.1) is 12.7 Å². The fraction of sp³-hybridized carbons (Fsp3) is 0.875. The van der Waals surface area contributed by atoms with Gasteiger partial charge in [0.25, 0.3) is 0 Å². The molecule has 0 spiro atoms. The van der Waals surface area contributed by atoms with Crippen LogP contribution in [0, 0.1) is 0 Å². The lowest BCUT2D eigenvalue weighted by molar-refractivity contribution is -0.153. The maximum atomic E-state index is 11.6. The highest BCUT2D eigenvalue weighted by molar-refractivity contribution is 5.79. The minimum absolute atomic E-state index is 0.0568. The number of Topliss-reactive ketones (excluding diaryl/α,β-unsaturated/α-hetero) is 1. The van der Waals surface area contributed by atoms with Gasteiger partial charge in [-0.2, -0.15) is 13.2 Å². The highest BCUT2D eigenvalue weighted by atomic mass is 19.4. The van der Waals surface area contributed by atoms with Gasteiger partial charge in [0.2, 0.25) is 0 Å². The number of carbonyl (C=O) groups is 1. The summed E-state index contributed by atoms with van der Waals surface area (Å²) < 4.78 is 39.8. The molecule has 0 rings (SSSR count). The summed E-state index contributed by atoms with van der Waals surface area (Å²) in [6, 6.07) is 0. The van der Waals surface area contributed by atoms with Crippen LogP contribution in [0.5, 0.6) is 0 Å². The summed E-state index contributed by atoms with van der Waals surface area (Å²) in [4.78, 5) is 10.6. The van der Waals surface area contributed by atoms with E-state index in [-0.39, 0.29) is 19.1 Å². The van der Waals surface area contributed by atoms with E-state index in [1.54, 1.807) is 13.8 Å². The molecule has 0 bridgehead atoms. The topological polar surface area (TPSA) is 26.3 Å². The van der Waals surface area contributed by atoms with Crippen molar-refractivity contribution in [3.8, 4) is 0 Å². The standard InChI is InChI=1S/C8H13F3O2/c1-6(2)13-4-3-7(12)5-8(9,10)11/h6H,3-5H2,1-2H3. The van der Waals surface area contributed by atoms with Gasteiger partial charge in [-0.15, -0.1) is 0 Å². The van der Waals surface area contributed by atoms with E-state index < -0.39 is 18.4 Å². The van der Waals surface area contributed by atoms with Crippen LogP contribution >= 0.6 is 0 Å². The average Bonchev–Trinajstić information content (AvgIpc) is 1.81. The van der Waals surface area contributed by atoms with Crippen LogP contribution in [0.25, 0.3) is 0 Å². The van der Waals surface area contributed by atoms with Crippen molar-refractivity contribution >= 4 is 5.78 Å². The molecule has 0 fully saturated rings. The third-order valence-electron chi connectivity index (χ3n) is 1.23. The van der Waals surface area contributed by atoms with Crippen molar-refractivity contribution < 1.29 is 22.7 Å². The summed E-state index contributed by atoms with van der Waals surface area (Å²) in [6.07, 6.45) is -5.97. The van der Waals surface area contributed by atoms with E-state index >= 15 is 0 Å². The van der Waals surface area contributed by atoms with Gasteiger partial charge < -0.3 is 4.74 Å². The lowest BCUT2D eigenvalue weighted by atomic mass is 10.2. The Morgan fingerprint density at radius 3 is 2.31 bits per heavy atom. The highest BCUT2D eigenvalue weighted by Gasteiger charge is 2.30. The van der Waals surface area contributed by atoms with Crippen LogP contribution in [0.1, 0.15) is 26.7 Å². The highest BCUT2D eigenvalue weighted by Crippen LogP contribution is 2.20. The zero-order chi connectivity index (χ0) is 10.5. The van der Waals surface area contributed by atoms with Crippen molar-refractivity contribution in [2.75, 3.05) is 6.61 Å². The van der Waals surface area contributed by atoms with Crippen molar-refractivity contribution in [3.63, 3.8) is 0 Å². The molecule has 0 saturated heterocycles. The van der Waals surface area contributed by atoms with Gasteiger partial charge in [0.1, 0.15) is 12.2 Å². The first kappa shape index (κ1) is 12.4. The van der Waals surface area contributed by atoms with Crippen molar-refractivity contribution in [2.45, 2.75) is 39.0 Å². The van der Waals surface area contributed by atoms with E-state index in [9.17, 15) is 18.0 Å². The van der Waals surface area contributed by atoms with Gasteiger partial charge in [-0.25, -0.2) is 0 Å². The van der Waals surface area contributed by atoms with Gasteiger partial charge >= 0.3 is 6.18 Å². The predicted octanol–water partition coefficient (Wildman–Crippen LogP) is 2.32. The molecule has 0 radical (unpaired) electrons. The number of alkyl halides is 3. The van der Waals surface area contributed by atoms with Gasteiger partial charge in [0, 0.05) is 6.42 Å². The van der Waals surface area contributed by atoms with Crippen LogP contribution < -0.4 is 0 Å². The first-order valence-electron chi connectivity index (χ1n) is 4.01. The third kappa shape index (κ3) is 9.33. The van der Waals surface area contributed by atoms with E-state index in [0.29, 0.717) is 0 Å². The number of rotatable bonds is 5. The molecule has 0 aromatic heterocycles. The van der Waals surface area contributed by atoms with Crippen molar-refractivity contribution in [1.29, 1.82) is 0 Å². The van der Waals surface area contributed by atoms with E-state index in [1.807, 2.05) is 0 Å². The second kappa shape index (κ2) is 5.21. The summed E-state index contributed by atoms with van der Waals surface area (Å²) in [5.41, 5.74) is 0. The fourth-order valence-corrected chi connectivity index (χ4v) is 0.720. The van der Waals surface area contributed by atoms with Crippen LogP contribution in [-0.2, 0) is 9.53 Å². The van der Waals surface area contributed by atoms with E-state index in [2.05, 4.69) is 0 Å². The van der Waals surface area contributed by atoms with Crippen LogP contribution in [0.4, 0.5) is 13.2 Å². The van der Waals surface area contributed by atoms with Gasteiger partial charge in [0.15, 0.2) is 0 Å². The molecule has 13 heavy (non-hydrogen) atoms. The zero-order valence-corrected chi connectivity index (χ0v) is 7.65. The quantitative estimate of drug-likeness (QED) is 0.677. The summed E-state index contributed by atoms with van der Waals surface area (Å²) >= 11 is 0. The molecule has 0 N–H and O–H groups in total. The molecule has 0 aliphatic heterocycles. The minimum atomic E-state index is -4.39. The Hall–Kier alpha value is -0.580. The number of carbonyl (C=O) groups excluding carboxylic acids is 1. The van der Waals surface area contributed by atoms with Crippen LogP contribution in [0.15, 0.2) is 0 Å². The monoisotopic (exact) mass is 198 g/mol. The molecule has 0 heterocycles. The molecule has 2 nitrogen and oxygen atoms in total. The minimum Gasteiger partial charge on any atom is -0.378 e. The Labute approximate surface area is 75.1 Å². The number of hydrogen-bond acceptors (Lipinski definition) is 2. The van der Waals surface area contributed by atoms with Gasteiger partial charge in [-0.05, 0) is 13.8 Å². The largest absolute Gasteiger partial charge is 0.395 e. The fourth-order valence-electron chi connectivity index (χ4n) is 0.720. The van der Waals surface area contributed by atoms with Crippen molar-refractivity contribution in [3.05, 3.63) is 0 Å². The average molecular weight is 198 g/mol. The Morgan fingerprint density at radius 1 is 1.38 bits per heavy atom. The molecular formula is C8H13F3O2. The molecule has 0 saturated carbocycles. The maximum Gasteiger partial charge on any atom is 0.395 e. The van der Waals surface area contributed by atoms with E-state index in [1.165, 1.54) is 0 Å². The summed E-state index contributed by atoms with van der Waals surface area (Å²) in [6.45, 7) is 3.58. The lowest BCUT2D eigenvalue weighted by Crippen LogP contribution is -2.17. The molecule has 0 aliphatic carbocycles. The molecule has 78 valence electrons. The number of halogens is 3. The normalized spacial score (nSPS) is 12.2. The first-order valence-corrected chi connectivity index (χ1v) is 4.01. The lowest BCUT2D eigenvalue weighted by Gasteiger charge is -2.07. The Morgan fingerprint density at radius 2 is 1.92 bits per heavy atom. The Kier molecular flexibility index (Phi) is 4.98. The number of ketones is 1.